The Hall–Kier alpha value is -0.700. The molecule has 0 bridgehead atoms. The third kappa shape index (κ3) is 4.38. The van der Waals surface area contributed by atoms with E-state index in [0.717, 1.165) is 12.1 Å². The highest BCUT2D eigenvalue weighted by Crippen LogP contribution is 2.24. The molecule has 5 nitrogen and oxygen atoms in total. The van der Waals surface area contributed by atoms with Gasteiger partial charge in [-0.3, -0.25) is 0 Å². The van der Waals surface area contributed by atoms with Gasteiger partial charge in [-0.1, -0.05) is 13.8 Å². The van der Waals surface area contributed by atoms with E-state index in [1.807, 2.05) is 13.8 Å². The molecule has 0 atom stereocenters. The van der Waals surface area contributed by atoms with Crippen molar-refractivity contribution >= 4 is 29.8 Å². The van der Waals surface area contributed by atoms with Gasteiger partial charge in [0.15, 0.2) is 0 Å². The molecule has 0 aliphatic heterocycles. The van der Waals surface area contributed by atoms with Crippen molar-refractivity contribution in [2.75, 3.05) is 0 Å². The molecule has 0 saturated heterocycles. The summed E-state index contributed by atoms with van der Waals surface area (Å²) in [5.74, 6) is -1.17. The van der Waals surface area contributed by atoms with Crippen LogP contribution in [-0.2, 0) is 19.1 Å². The Balaban J connectivity index is 3.28. The molecule has 0 fully saturated rings. The van der Waals surface area contributed by atoms with E-state index >= 15 is 0 Å². The molecule has 0 radical (unpaired) electrons. The van der Waals surface area contributed by atoms with Gasteiger partial charge in [0.1, 0.15) is 10.7 Å². The van der Waals surface area contributed by atoms with Crippen molar-refractivity contribution in [2.24, 2.45) is 0 Å². The Morgan fingerprint density at radius 2 is 1.71 bits per heavy atom. The summed E-state index contributed by atoms with van der Waals surface area (Å²) in [4.78, 5) is -1.10. The van der Waals surface area contributed by atoms with Gasteiger partial charge in [-0.2, -0.15) is 0 Å². The van der Waals surface area contributed by atoms with Crippen molar-refractivity contribution in [3.63, 3.8) is 0 Å². The molecule has 0 spiro atoms. The molecule has 0 saturated carbocycles. The molecule has 1 N–H and O–H groups in total. The van der Waals surface area contributed by atoms with E-state index in [4.69, 9.17) is 10.7 Å². The van der Waals surface area contributed by atoms with E-state index in [1.165, 1.54) is 0 Å². The third-order valence-electron chi connectivity index (χ3n) is 3.42. The smallest absolute Gasteiger partial charge is 0.207 e. The van der Waals surface area contributed by atoms with E-state index in [0.29, 0.717) is 18.9 Å². The summed E-state index contributed by atoms with van der Waals surface area (Å²) in [5, 5.41) is 0. The number of benzene rings is 1. The number of rotatable bonds is 6. The van der Waals surface area contributed by atoms with Crippen molar-refractivity contribution in [2.45, 2.75) is 48.9 Å². The van der Waals surface area contributed by atoms with Crippen LogP contribution in [0.25, 0.3) is 0 Å². The molecular formula is C12H17ClFNO4S2. The minimum Gasteiger partial charge on any atom is -0.207 e. The van der Waals surface area contributed by atoms with E-state index in [-0.39, 0.29) is 0 Å². The van der Waals surface area contributed by atoms with Gasteiger partial charge in [-0.05, 0) is 38.0 Å². The van der Waals surface area contributed by atoms with E-state index in [9.17, 15) is 21.2 Å². The third-order valence-corrected chi connectivity index (χ3v) is 6.44. The highest BCUT2D eigenvalue weighted by atomic mass is 35.7. The molecule has 0 unspecified atom stereocenters. The molecule has 1 rings (SSSR count). The standard InChI is InChI=1S/C12H17ClFNO4S2/c1-4-12(3,5-2)15-21(18,19)11-7-6-9(8-10(11)14)20(13,16)17/h6-8,15H,4-5H2,1-3H3. The second-order valence-corrected chi connectivity index (χ2v) is 9.12. The lowest BCUT2D eigenvalue weighted by Crippen LogP contribution is -2.45. The van der Waals surface area contributed by atoms with Gasteiger partial charge in [0, 0.05) is 16.2 Å². The van der Waals surface area contributed by atoms with Gasteiger partial charge < -0.3 is 0 Å². The van der Waals surface area contributed by atoms with E-state index < -0.39 is 40.2 Å². The average Bonchev–Trinajstić information content (AvgIpc) is 2.36. The lowest BCUT2D eigenvalue weighted by molar-refractivity contribution is 0.387. The van der Waals surface area contributed by atoms with Crippen LogP contribution in [0, 0.1) is 5.82 Å². The second-order valence-electron chi connectivity index (χ2n) is 4.90. The predicted molar refractivity (Wildman–Crippen MR) is 78.7 cm³/mol. The van der Waals surface area contributed by atoms with Crippen LogP contribution in [0.15, 0.2) is 28.0 Å². The fourth-order valence-corrected chi connectivity index (χ4v) is 4.00. The summed E-state index contributed by atoms with van der Waals surface area (Å²) < 4.78 is 63.0. The van der Waals surface area contributed by atoms with Crippen LogP contribution in [0.2, 0.25) is 0 Å². The SMILES string of the molecule is CCC(C)(CC)NS(=O)(=O)c1ccc(S(=O)(=O)Cl)cc1F. The highest BCUT2D eigenvalue weighted by Gasteiger charge is 2.29. The monoisotopic (exact) mass is 357 g/mol. The number of halogens is 2. The zero-order valence-electron chi connectivity index (χ0n) is 11.9. The first-order chi connectivity index (χ1) is 9.45. The van der Waals surface area contributed by atoms with E-state index in [1.54, 1.807) is 6.92 Å². The van der Waals surface area contributed by atoms with Crippen LogP contribution in [-0.4, -0.2) is 22.4 Å². The highest BCUT2D eigenvalue weighted by molar-refractivity contribution is 8.13. The Bertz CT molecular complexity index is 728. The first kappa shape index (κ1) is 18.3. The average molecular weight is 358 g/mol. The zero-order valence-corrected chi connectivity index (χ0v) is 14.2. The Morgan fingerprint density at radius 3 is 2.10 bits per heavy atom. The molecule has 120 valence electrons. The number of nitrogens with one attached hydrogen (secondary N) is 1. The summed E-state index contributed by atoms with van der Waals surface area (Å²) in [6, 6.07) is 2.43. The van der Waals surface area contributed by atoms with Crippen molar-refractivity contribution in [1.82, 2.24) is 4.72 Å². The van der Waals surface area contributed by atoms with Crippen LogP contribution < -0.4 is 4.72 Å². The van der Waals surface area contributed by atoms with Gasteiger partial charge in [-0.25, -0.2) is 25.9 Å². The van der Waals surface area contributed by atoms with Gasteiger partial charge in [-0.15, -0.1) is 0 Å². The molecular weight excluding hydrogens is 341 g/mol. The summed E-state index contributed by atoms with van der Waals surface area (Å²) in [5.41, 5.74) is -0.706. The number of sulfonamides is 1. The largest absolute Gasteiger partial charge is 0.261 e. The van der Waals surface area contributed by atoms with Gasteiger partial charge in [0.2, 0.25) is 10.0 Å². The number of hydrogen-bond donors (Lipinski definition) is 1. The lowest BCUT2D eigenvalue weighted by Gasteiger charge is -2.27. The van der Waals surface area contributed by atoms with Crippen LogP contribution >= 0.6 is 10.7 Å². The Morgan fingerprint density at radius 1 is 1.19 bits per heavy atom. The molecule has 0 heterocycles. The summed E-state index contributed by atoms with van der Waals surface area (Å²) in [6.45, 7) is 5.33. The Labute approximate surface area is 129 Å². The molecule has 1 aromatic rings. The minimum atomic E-state index is -4.12. The summed E-state index contributed by atoms with van der Waals surface area (Å²) in [6.07, 6.45) is 1.05. The molecule has 0 aromatic heterocycles. The van der Waals surface area contributed by atoms with Gasteiger partial charge in [0.25, 0.3) is 9.05 Å². The van der Waals surface area contributed by atoms with Crippen LogP contribution in [0.3, 0.4) is 0 Å². The molecule has 9 heteroatoms. The summed E-state index contributed by atoms with van der Waals surface area (Å²) >= 11 is 0. The first-order valence-corrected chi connectivity index (χ1v) is 10.0. The van der Waals surface area contributed by atoms with Crippen molar-refractivity contribution in [1.29, 1.82) is 0 Å². The van der Waals surface area contributed by atoms with E-state index in [2.05, 4.69) is 4.72 Å². The maximum atomic E-state index is 13.9. The summed E-state index contributed by atoms with van der Waals surface area (Å²) in [7, 11) is -3.12. The molecule has 0 aliphatic carbocycles. The maximum Gasteiger partial charge on any atom is 0.261 e. The van der Waals surface area contributed by atoms with Crippen LogP contribution in [0.5, 0.6) is 0 Å². The normalized spacial score (nSPS) is 13.4. The minimum absolute atomic E-state index is 0.491. The predicted octanol–water partition coefficient (Wildman–Crippen LogP) is 2.61. The molecule has 1 aromatic carbocycles. The topological polar surface area (TPSA) is 80.3 Å². The van der Waals surface area contributed by atoms with Crippen LogP contribution in [0.1, 0.15) is 33.6 Å². The quantitative estimate of drug-likeness (QED) is 0.793. The van der Waals surface area contributed by atoms with Gasteiger partial charge >= 0.3 is 0 Å². The van der Waals surface area contributed by atoms with Crippen LogP contribution in [0.4, 0.5) is 4.39 Å². The maximum absolute atomic E-state index is 13.9. The Kier molecular flexibility index (Phi) is 5.41. The van der Waals surface area contributed by atoms with Crippen molar-refractivity contribution < 1.29 is 21.2 Å². The number of hydrogen-bond acceptors (Lipinski definition) is 4. The van der Waals surface area contributed by atoms with Crippen molar-refractivity contribution in [3.8, 4) is 0 Å². The molecule has 0 aliphatic rings. The lowest BCUT2D eigenvalue weighted by atomic mass is 9.98. The second kappa shape index (κ2) is 6.20. The first-order valence-electron chi connectivity index (χ1n) is 6.23. The molecule has 21 heavy (non-hydrogen) atoms. The van der Waals surface area contributed by atoms with Crippen molar-refractivity contribution in [3.05, 3.63) is 24.0 Å². The molecule has 0 amide bonds. The fraction of sp³-hybridized carbons (Fsp3) is 0.500. The zero-order chi connectivity index (χ0) is 16.5. The fourth-order valence-electron chi connectivity index (χ4n) is 1.62. The van der Waals surface area contributed by atoms with Gasteiger partial charge in [0.05, 0.1) is 4.90 Å².